The predicted molar refractivity (Wildman–Crippen MR) is 129 cm³/mol. The Morgan fingerprint density at radius 3 is 2.61 bits per heavy atom. The Morgan fingerprint density at radius 1 is 1.13 bits per heavy atom. The minimum absolute atomic E-state index is 0.0556. The largest absolute Gasteiger partial charge is 0.492 e. The molecule has 7 heteroatoms. The average molecular weight is 454 g/mol. The van der Waals surface area contributed by atoms with Gasteiger partial charge in [0.1, 0.15) is 11.4 Å². The summed E-state index contributed by atoms with van der Waals surface area (Å²) >= 11 is 11.6. The van der Waals surface area contributed by atoms with Gasteiger partial charge in [0.2, 0.25) is 0 Å². The third-order valence-corrected chi connectivity index (χ3v) is 6.22. The molecule has 5 nitrogen and oxygen atoms in total. The van der Waals surface area contributed by atoms with Gasteiger partial charge < -0.3 is 14.2 Å². The summed E-state index contributed by atoms with van der Waals surface area (Å²) in [5.74, 6) is 0.645. The Morgan fingerprint density at radius 2 is 1.87 bits per heavy atom. The molecule has 0 unspecified atom stereocenters. The van der Waals surface area contributed by atoms with E-state index in [1.165, 1.54) is 0 Å². The second-order valence-electron chi connectivity index (χ2n) is 7.35. The van der Waals surface area contributed by atoms with Crippen molar-refractivity contribution in [3.05, 3.63) is 71.0 Å². The molecule has 1 aliphatic rings. The molecule has 1 saturated heterocycles. The fourth-order valence-corrected chi connectivity index (χ4v) is 4.29. The first-order valence-electron chi connectivity index (χ1n) is 10.3. The monoisotopic (exact) mass is 453 g/mol. The van der Waals surface area contributed by atoms with E-state index in [4.69, 9.17) is 28.6 Å². The Hall–Kier alpha value is -2.83. The predicted octanol–water partition coefficient (Wildman–Crippen LogP) is 5.18. The van der Waals surface area contributed by atoms with Gasteiger partial charge in [-0.25, -0.2) is 0 Å². The average Bonchev–Trinajstić information content (AvgIpc) is 3.22. The van der Waals surface area contributed by atoms with Crippen LogP contribution in [0.3, 0.4) is 0 Å². The molecule has 0 atom stereocenters. The number of aryl methyl sites for hydroxylation is 1. The van der Waals surface area contributed by atoms with Gasteiger partial charge >= 0.3 is 0 Å². The van der Waals surface area contributed by atoms with E-state index in [1.54, 1.807) is 9.80 Å². The topological polar surface area (TPSA) is 37.7 Å². The van der Waals surface area contributed by atoms with Crippen molar-refractivity contribution in [1.29, 1.82) is 0 Å². The van der Waals surface area contributed by atoms with Crippen LogP contribution in [0.1, 0.15) is 18.9 Å². The summed E-state index contributed by atoms with van der Waals surface area (Å²) < 4.78 is 8.02. The number of rotatable bonds is 7. The van der Waals surface area contributed by atoms with Gasteiger partial charge in [0.05, 0.1) is 11.6 Å². The minimum Gasteiger partial charge on any atom is -0.492 e. The number of amides is 1. The number of halogens is 1. The van der Waals surface area contributed by atoms with E-state index in [9.17, 15) is 4.79 Å². The molecule has 2 heterocycles. The Bertz CT molecular complexity index is 1170. The number of ether oxygens (including phenoxy) is 1. The van der Waals surface area contributed by atoms with Crippen molar-refractivity contribution in [2.45, 2.75) is 19.9 Å². The molecule has 1 aromatic heterocycles. The molecule has 1 aliphatic heterocycles. The third kappa shape index (κ3) is 4.18. The third-order valence-electron chi connectivity index (χ3n) is 5.41. The highest BCUT2D eigenvalue weighted by Crippen LogP contribution is 2.28. The Labute approximate surface area is 192 Å². The van der Waals surface area contributed by atoms with E-state index in [1.807, 2.05) is 56.4 Å². The number of carbonyl (C=O) groups is 1. The smallest absolute Gasteiger partial charge is 0.276 e. The van der Waals surface area contributed by atoms with Gasteiger partial charge in [0, 0.05) is 42.8 Å². The summed E-state index contributed by atoms with van der Waals surface area (Å²) in [6.45, 7) is 3.84. The quantitative estimate of drug-likeness (QED) is 0.280. The van der Waals surface area contributed by atoms with Crippen molar-refractivity contribution in [2.24, 2.45) is 0 Å². The van der Waals surface area contributed by atoms with Crippen molar-refractivity contribution in [1.82, 2.24) is 14.4 Å². The zero-order valence-corrected chi connectivity index (χ0v) is 19.1. The number of benzene rings is 2. The van der Waals surface area contributed by atoms with Crippen LogP contribution in [0.15, 0.2) is 60.4 Å². The molecule has 0 aliphatic carbocycles. The Kier molecular flexibility index (Phi) is 6.30. The van der Waals surface area contributed by atoms with Crippen LogP contribution in [-0.2, 0) is 11.3 Å². The molecule has 1 amide bonds. The van der Waals surface area contributed by atoms with Crippen molar-refractivity contribution in [3.63, 3.8) is 0 Å². The fraction of sp³-hybridized carbons (Fsp3) is 0.250. The van der Waals surface area contributed by atoms with Crippen LogP contribution in [-0.4, -0.2) is 45.6 Å². The lowest BCUT2D eigenvalue weighted by atomic mass is 10.1. The maximum absolute atomic E-state index is 12.8. The molecule has 0 spiro atoms. The number of para-hydroxylation sites is 2. The van der Waals surface area contributed by atoms with Crippen LogP contribution in [0.25, 0.3) is 17.0 Å². The van der Waals surface area contributed by atoms with Gasteiger partial charge in [-0.1, -0.05) is 41.9 Å². The SMILES string of the molecule is CCN1C(=O)/C(=C/c2cn(CCCOc3ccccc3Cl)c3ccccc23)N(C)C1=S. The number of hydrogen-bond acceptors (Lipinski definition) is 3. The van der Waals surface area contributed by atoms with E-state index < -0.39 is 0 Å². The van der Waals surface area contributed by atoms with Gasteiger partial charge in [-0.15, -0.1) is 0 Å². The van der Waals surface area contributed by atoms with E-state index in [2.05, 4.69) is 22.9 Å². The molecule has 0 saturated carbocycles. The summed E-state index contributed by atoms with van der Waals surface area (Å²) in [4.78, 5) is 16.2. The normalized spacial score (nSPS) is 15.5. The number of fused-ring (bicyclic) bond motifs is 1. The summed E-state index contributed by atoms with van der Waals surface area (Å²) in [6.07, 6.45) is 4.85. The molecular formula is C24H24ClN3O2S. The lowest BCUT2D eigenvalue weighted by molar-refractivity contribution is -0.122. The lowest BCUT2D eigenvalue weighted by Gasteiger charge is -2.13. The maximum Gasteiger partial charge on any atom is 0.276 e. The highest BCUT2D eigenvalue weighted by molar-refractivity contribution is 7.80. The van der Waals surface area contributed by atoms with Crippen LogP contribution < -0.4 is 4.74 Å². The number of hydrogen-bond donors (Lipinski definition) is 0. The molecule has 3 aromatic rings. The van der Waals surface area contributed by atoms with Crippen LogP contribution in [0.5, 0.6) is 5.75 Å². The van der Waals surface area contributed by atoms with Gasteiger partial charge in [0.25, 0.3) is 5.91 Å². The van der Waals surface area contributed by atoms with Crippen molar-refractivity contribution >= 4 is 51.8 Å². The number of thiocarbonyl (C=S) groups is 1. The van der Waals surface area contributed by atoms with Crippen molar-refractivity contribution in [2.75, 3.05) is 20.2 Å². The standard InChI is InChI=1S/C24H24ClN3O2S/c1-3-28-23(29)21(26(2)24(28)31)15-17-16-27(20-11-6-4-9-18(17)20)13-8-14-30-22-12-7-5-10-19(22)25/h4-7,9-12,15-16H,3,8,13-14H2,1-2H3/b21-15-. The first-order chi connectivity index (χ1) is 15.0. The molecule has 0 bridgehead atoms. The summed E-state index contributed by atoms with van der Waals surface area (Å²) in [7, 11) is 1.84. The van der Waals surface area contributed by atoms with E-state index in [0.717, 1.165) is 29.4 Å². The van der Waals surface area contributed by atoms with Crippen LogP contribution in [0.4, 0.5) is 0 Å². The number of aromatic nitrogens is 1. The van der Waals surface area contributed by atoms with E-state index in [-0.39, 0.29) is 5.91 Å². The molecular weight excluding hydrogens is 430 g/mol. The summed E-state index contributed by atoms with van der Waals surface area (Å²) in [6, 6.07) is 15.7. The molecule has 1 fully saturated rings. The van der Waals surface area contributed by atoms with Gasteiger partial charge in [-0.05, 0) is 49.8 Å². The van der Waals surface area contributed by atoms with Gasteiger partial charge in [-0.2, -0.15) is 0 Å². The van der Waals surface area contributed by atoms with Gasteiger partial charge in [0.15, 0.2) is 5.11 Å². The molecule has 160 valence electrons. The van der Waals surface area contributed by atoms with Crippen LogP contribution in [0, 0.1) is 0 Å². The molecule has 31 heavy (non-hydrogen) atoms. The summed E-state index contributed by atoms with van der Waals surface area (Å²) in [5, 5.41) is 2.26. The van der Waals surface area contributed by atoms with E-state index in [0.29, 0.717) is 34.7 Å². The first kappa shape index (κ1) is 21.4. The highest BCUT2D eigenvalue weighted by Gasteiger charge is 2.34. The molecule has 2 aromatic carbocycles. The highest BCUT2D eigenvalue weighted by atomic mass is 35.5. The maximum atomic E-state index is 12.8. The zero-order chi connectivity index (χ0) is 22.0. The molecule has 0 radical (unpaired) electrons. The number of nitrogens with zero attached hydrogens (tertiary/aromatic N) is 3. The number of likely N-dealkylation sites (N-methyl/N-ethyl adjacent to an activating group) is 2. The number of carbonyl (C=O) groups excluding carboxylic acids is 1. The van der Waals surface area contributed by atoms with Crippen molar-refractivity contribution in [3.8, 4) is 5.75 Å². The van der Waals surface area contributed by atoms with E-state index >= 15 is 0 Å². The molecule has 0 N–H and O–H groups in total. The van der Waals surface area contributed by atoms with Crippen molar-refractivity contribution < 1.29 is 9.53 Å². The second kappa shape index (κ2) is 9.12. The van der Waals surface area contributed by atoms with Crippen LogP contribution >= 0.6 is 23.8 Å². The molecule has 4 rings (SSSR count). The second-order valence-corrected chi connectivity index (χ2v) is 8.12. The minimum atomic E-state index is -0.0556. The zero-order valence-electron chi connectivity index (χ0n) is 17.5. The first-order valence-corrected chi connectivity index (χ1v) is 11.1. The lowest BCUT2D eigenvalue weighted by Crippen LogP contribution is -2.30. The van der Waals surface area contributed by atoms with Gasteiger partial charge in [-0.3, -0.25) is 9.69 Å². The Balaban J connectivity index is 1.55. The fourth-order valence-electron chi connectivity index (χ4n) is 3.79. The summed E-state index contributed by atoms with van der Waals surface area (Å²) in [5.41, 5.74) is 2.71. The van der Waals surface area contributed by atoms with Crippen LogP contribution in [0.2, 0.25) is 5.02 Å².